The predicted octanol–water partition coefficient (Wildman–Crippen LogP) is 5.76. The van der Waals surface area contributed by atoms with E-state index in [0.29, 0.717) is 25.3 Å². The normalized spacial score (nSPS) is 35.3. The van der Waals surface area contributed by atoms with Crippen LogP contribution >= 0.6 is 0 Å². The number of carbonyl (C=O) groups excluding carboxylic acids is 5. The molecule has 0 saturated carbocycles. The van der Waals surface area contributed by atoms with Crippen molar-refractivity contribution in [3.8, 4) is 11.4 Å². The highest BCUT2D eigenvalue weighted by Crippen LogP contribution is 2.42. The highest BCUT2D eigenvalue weighted by molar-refractivity contribution is 5.85. The Morgan fingerprint density at radius 1 is 1.01 bits per heavy atom. The zero-order valence-corrected chi connectivity index (χ0v) is 40.5. The molecule has 2 aromatic rings. The third-order valence-electron chi connectivity index (χ3n) is 14.0. The Morgan fingerprint density at radius 2 is 1.69 bits per heavy atom. The van der Waals surface area contributed by atoms with Crippen molar-refractivity contribution in [2.24, 2.45) is 23.7 Å². The summed E-state index contributed by atoms with van der Waals surface area (Å²) in [6, 6.07) is 8.05. The SMILES string of the molecule is CC[C@H]1OC(=O)[C@H](C)[C@@H](OC(=O)N2CCCC2)[C@H](C)[C@@H](O[C@@H]2O[C@H](C)C[C@H](N(C)C)[C@H]2O)[C@](C)(OC(=O)NC/C=C/c2ccc(-c3ncccn3)cc2)C[C@@H](C)C(=O)[C@H](C)[C@H]2NC(=O)O[C@@]21C. The average Bonchev–Trinajstić information content (AvgIpc) is 3.96. The minimum Gasteiger partial charge on any atom is -0.458 e. The maximum absolute atomic E-state index is 14.7. The predicted molar refractivity (Wildman–Crippen MR) is 246 cm³/mol. The molecule has 0 bridgehead atoms. The lowest BCUT2D eigenvalue weighted by Crippen LogP contribution is -2.61. The summed E-state index contributed by atoms with van der Waals surface area (Å²) in [6.07, 6.45) is 0.402. The van der Waals surface area contributed by atoms with Gasteiger partial charge in [-0.25, -0.2) is 24.4 Å². The van der Waals surface area contributed by atoms with Crippen LogP contribution in [0.2, 0.25) is 0 Å². The number of esters is 1. The van der Waals surface area contributed by atoms with Gasteiger partial charge in [0.25, 0.3) is 0 Å². The van der Waals surface area contributed by atoms with Gasteiger partial charge in [-0.1, -0.05) is 64.1 Å². The number of rotatable bonds is 10. The molecule has 18 nitrogen and oxygen atoms in total. The first-order valence-electron chi connectivity index (χ1n) is 23.6. The van der Waals surface area contributed by atoms with Gasteiger partial charge >= 0.3 is 24.2 Å². The number of hydrogen-bond donors (Lipinski definition) is 3. The van der Waals surface area contributed by atoms with Gasteiger partial charge in [0.05, 0.1) is 18.1 Å². The summed E-state index contributed by atoms with van der Waals surface area (Å²) >= 11 is 0. The van der Waals surface area contributed by atoms with Crippen LogP contribution in [0.1, 0.15) is 93.1 Å². The molecule has 1 aromatic carbocycles. The van der Waals surface area contributed by atoms with E-state index >= 15 is 0 Å². The first-order valence-corrected chi connectivity index (χ1v) is 23.6. The fourth-order valence-electron chi connectivity index (χ4n) is 10.3. The maximum Gasteiger partial charge on any atom is 0.410 e. The molecule has 14 atom stereocenters. The number of fused-ring (bicyclic) bond motifs is 1. The van der Waals surface area contributed by atoms with Crippen molar-refractivity contribution in [2.45, 2.75) is 148 Å². The van der Waals surface area contributed by atoms with Crippen LogP contribution in [-0.2, 0) is 38.0 Å². The summed E-state index contributed by atoms with van der Waals surface area (Å²) in [4.78, 5) is 82.4. The van der Waals surface area contributed by atoms with Gasteiger partial charge in [-0.15, -0.1) is 0 Å². The molecule has 1 aromatic heterocycles. The van der Waals surface area contributed by atoms with Crippen molar-refractivity contribution in [1.29, 1.82) is 0 Å². The topological polar surface area (TPSA) is 217 Å². The van der Waals surface area contributed by atoms with Gasteiger partial charge in [0, 0.05) is 61.4 Å². The third kappa shape index (κ3) is 11.8. The Morgan fingerprint density at radius 3 is 2.33 bits per heavy atom. The number of cyclic esters (lactones) is 1. The zero-order chi connectivity index (χ0) is 48.8. The second-order valence-electron chi connectivity index (χ2n) is 19.3. The number of likely N-dealkylation sites (N-methyl/N-ethyl adjacent to an activating group) is 1. The summed E-state index contributed by atoms with van der Waals surface area (Å²) in [7, 11) is 3.69. The number of alkyl carbamates (subject to hydrolysis) is 2. The fourth-order valence-corrected chi connectivity index (χ4v) is 10.3. The lowest BCUT2D eigenvalue weighted by molar-refractivity contribution is -0.298. The van der Waals surface area contributed by atoms with Crippen molar-refractivity contribution in [3.05, 3.63) is 54.4 Å². The number of ether oxygens (including phenoxy) is 6. The third-order valence-corrected chi connectivity index (χ3v) is 14.0. The molecule has 0 unspecified atom stereocenters. The molecule has 4 saturated heterocycles. The lowest BCUT2D eigenvalue weighted by Gasteiger charge is -2.48. The van der Waals surface area contributed by atoms with Gasteiger partial charge in [0.1, 0.15) is 35.8 Å². The molecular formula is C49H70N6O12. The first-order chi connectivity index (χ1) is 31.8. The second-order valence-corrected chi connectivity index (χ2v) is 19.3. The molecule has 3 N–H and O–H groups in total. The molecule has 6 rings (SSSR count). The Bertz CT molecular complexity index is 2070. The van der Waals surface area contributed by atoms with Crippen LogP contribution in [-0.4, -0.2) is 149 Å². The Kier molecular flexibility index (Phi) is 16.7. The molecule has 0 aliphatic carbocycles. The summed E-state index contributed by atoms with van der Waals surface area (Å²) in [6.45, 7) is 14.6. The van der Waals surface area contributed by atoms with Crippen LogP contribution in [0.25, 0.3) is 17.5 Å². The fraction of sp³-hybridized carbons (Fsp3) is 0.653. The molecule has 5 heterocycles. The summed E-state index contributed by atoms with van der Waals surface area (Å²) in [5.41, 5.74) is -1.49. The first kappa shape index (κ1) is 51.2. The van der Waals surface area contributed by atoms with Gasteiger partial charge in [-0.3, -0.25) is 9.59 Å². The average molecular weight is 935 g/mol. The number of amides is 3. The van der Waals surface area contributed by atoms with Crippen LogP contribution in [0, 0.1) is 23.7 Å². The number of nitrogens with one attached hydrogen (secondary N) is 2. The number of aromatic nitrogens is 2. The van der Waals surface area contributed by atoms with Crippen LogP contribution in [0.5, 0.6) is 0 Å². The molecule has 0 radical (unpaired) electrons. The monoisotopic (exact) mass is 935 g/mol. The minimum absolute atomic E-state index is 0.0506. The van der Waals surface area contributed by atoms with E-state index in [1.165, 1.54) is 0 Å². The van der Waals surface area contributed by atoms with Gasteiger partial charge in [0.2, 0.25) is 0 Å². The molecule has 67 heavy (non-hydrogen) atoms. The molecule has 18 heteroatoms. The smallest absolute Gasteiger partial charge is 0.410 e. The number of aliphatic hydroxyl groups excluding tert-OH is 1. The van der Waals surface area contributed by atoms with Crippen LogP contribution < -0.4 is 10.6 Å². The van der Waals surface area contributed by atoms with Crippen LogP contribution in [0.3, 0.4) is 0 Å². The van der Waals surface area contributed by atoms with E-state index in [1.807, 2.05) is 56.3 Å². The van der Waals surface area contributed by atoms with Crippen LogP contribution in [0.4, 0.5) is 14.4 Å². The minimum atomic E-state index is -1.74. The van der Waals surface area contributed by atoms with E-state index in [-0.39, 0.29) is 31.3 Å². The number of carbonyl (C=O) groups is 5. The van der Waals surface area contributed by atoms with Crippen molar-refractivity contribution in [3.63, 3.8) is 0 Å². The van der Waals surface area contributed by atoms with Crippen molar-refractivity contribution in [1.82, 2.24) is 30.4 Å². The quantitative estimate of drug-likeness (QED) is 0.191. The Labute approximate surface area is 393 Å². The zero-order valence-electron chi connectivity index (χ0n) is 40.5. The summed E-state index contributed by atoms with van der Waals surface area (Å²) in [5.74, 6) is -4.31. The van der Waals surface area contributed by atoms with E-state index in [4.69, 9.17) is 28.4 Å². The van der Waals surface area contributed by atoms with Crippen molar-refractivity contribution in [2.75, 3.05) is 33.7 Å². The van der Waals surface area contributed by atoms with Crippen LogP contribution in [0.15, 0.2) is 48.8 Å². The summed E-state index contributed by atoms with van der Waals surface area (Å²) < 4.78 is 38.1. The van der Waals surface area contributed by atoms with Gasteiger partial charge in [0.15, 0.2) is 17.7 Å². The molecule has 4 aliphatic heterocycles. The second kappa shape index (κ2) is 21.8. The highest BCUT2D eigenvalue weighted by atomic mass is 16.7. The number of hydrogen-bond acceptors (Lipinski definition) is 15. The highest BCUT2D eigenvalue weighted by Gasteiger charge is 2.58. The molecule has 4 aliphatic rings. The van der Waals surface area contributed by atoms with Crippen molar-refractivity contribution < 1.29 is 57.5 Å². The molecule has 368 valence electrons. The van der Waals surface area contributed by atoms with Gasteiger partial charge < -0.3 is 54.0 Å². The van der Waals surface area contributed by atoms with E-state index < -0.39 is 102 Å². The van der Waals surface area contributed by atoms with E-state index in [9.17, 15) is 29.1 Å². The number of Topliss-reactive ketones (excluding diaryl/α,β-unsaturated/α-hetero) is 1. The Balaban J connectivity index is 1.39. The van der Waals surface area contributed by atoms with E-state index in [0.717, 1.165) is 24.0 Å². The van der Waals surface area contributed by atoms with Gasteiger partial charge in [-0.2, -0.15) is 0 Å². The lowest BCUT2D eigenvalue weighted by atomic mass is 9.73. The number of benzene rings is 1. The molecule has 0 spiro atoms. The standard InChI is InChI=1S/C49H70N6O12/c1-11-36-49(8)40(53-46(60)67-49)30(4)37(56)28(2)27-48(7,66-45(59)52-21-14-16-33-17-19-34(20-18-33)42-50-22-15-23-51-42)41(65-44-38(57)35(54(9)10)26-29(3)62-44)31(5)39(32(6)43(58)63-36)64-47(61)55-24-12-13-25-55/h14-20,22-23,28-32,35-36,38-41,44,57H,11-13,21,24-27H2,1-10H3,(H,52,59)(H,53,60)/b16-14+/t28-,29-,30+,31+,32-,35+,36-,38-,39+,40-,41-,44+,48-,49-/m1/s1. The molecule has 4 fully saturated rings. The molecule has 3 amide bonds. The largest absolute Gasteiger partial charge is 0.458 e. The number of likely N-dealkylation sites (tertiary alicyclic amines) is 1. The van der Waals surface area contributed by atoms with Gasteiger partial charge in [-0.05, 0) is 85.5 Å². The number of nitrogens with zero attached hydrogens (tertiary/aromatic N) is 4. The van der Waals surface area contributed by atoms with E-state index in [2.05, 4.69) is 20.6 Å². The maximum atomic E-state index is 14.7. The number of ketones is 1. The number of aliphatic hydroxyl groups is 1. The molecular weight excluding hydrogens is 865 g/mol. The van der Waals surface area contributed by atoms with E-state index in [1.54, 1.807) is 77.9 Å². The Hall–Kier alpha value is -5.17. The van der Waals surface area contributed by atoms with Crippen molar-refractivity contribution >= 4 is 36.1 Å². The summed E-state index contributed by atoms with van der Waals surface area (Å²) in [5, 5.41) is 17.4.